The summed E-state index contributed by atoms with van der Waals surface area (Å²) >= 11 is 0. The van der Waals surface area contributed by atoms with Gasteiger partial charge in [0.25, 0.3) is 0 Å². The van der Waals surface area contributed by atoms with Crippen molar-refractivity contribution in [2.45, 2.75) is 83.8 Å². The van der Waals surface area contributed by atoms with Crippen molar-refractivity contribution in [1.29, 1.82) is 0 Å². The molecule has 2 fully saturated rings. The van der Waals surface area contributed by atoms with Crippen molar-refractivity contribution in [3.8, 4) is 0 Å². The number of hydrogen-bond acceptors (Lipinski definition) is 3. The molecular weight excluding hydrogens is 260 g/mol. The van der Waals surface area contributed by atoms with Crippen LogP contribution in [0.25, 0.3) is 0 Å². The molecule has 0 aromatic carbocycles. The van der Waals surface area contributed by atoms with Crippen LogP contribution in [-0.2, 0) is 0 Å². The monoisotopic (exact) mass is 296 g/mol. The number of nitrogens with one attached hydrogen (secondary N) is 1. The summed E-state index contributed by atoms with van der Waals surface area (Å²) in [6.45, 7) is 11.4. The van der Waals surface area contributed by atoms with Gasteiger partial charge in [-0.25, -0.2) is 0 Å². The van der Waals surface area contributed by atoms with Gasteiger partial charge in [-0.15, -0.1) is 0 Å². The number of likely N-dealkylation sites (tertiary alicyclic amines) is 1. The molecule has 3 heteroatoms. The maximum atomic E-state index is 10.8. The standard InChI is InChI=1S/C18H36N2O/c1-4-12-20-13-5-6-16(7-14-20)19-15-18(21)10-8-17(2,3)9-11-18/h16,19,21H,4-15H2,1-3H3. The zero-order valence-corrected chi connectivity index (χ0v) is 14.5. The fourth-order valence-electron chi connectivity index (χ4n) is 3.80. The molecule has 0 radical (unpaired) electrons. The molecule has 2 N–H and O–H groups in total. The predicted octanol–water partition coefficient (Wildman–Crippen LogP) is 3.17. The first-order valence-electron chi connectivity index (χ1n) is 9.11. The Kier molecular flexibility index (Phi) is 6.10. The Morgan fingerprint density at radius 1 is 1.10 bits per heavy atom. The molecule has 21 heavy (non-hydrogen) atoms. The molecule has 2 aliphatic rings. The number of aliphatic hydroxyl groups is 1. The molecule has 1 saturated heterocycles. The molecule has 0 spiro atoms. The van der Waals surface area contributed by atoms with Crippen molar-refractivity contribution in [3.05, 3.63) is 0 Å². The van der Waals surface area contributed by atoms with Gasteiger partial charge in [0.15, 0.2) is 0 Å². The van der Waals surface area contributed by atoms with Crippen LogP contribution in [0.3, 0.4) is 0 Å². The Labute approximate surface area is 131 Å². The van der Waals surface area contributed by atoms with Crippen molar-refractivity contribution < 1.29 is 5.11 Å². The van der Waals surface area contributed by atoms with Gasteiger partial charge in [0.1, 0.15) is 0 Å². The molecule has 1 atom stereocenters. The maximum absolute atomic E-state index is 10.8. The molecule has 0 bridgehead atoms. The first-order valence-corrected chi connectivity index (χ1v) is 9.11. The van der Waals surface area contributed by atoms with Gasteiger partial charge in [-0.05, 0) is 76.4 Å². The highest BCUT2D eigenvalue weighted by Crippen LogP contribution is 2.39. The van der Waals surface area contributed by atoms with E-state index in [1.807, 2.05) is 0 Å². The van der Waals surface area contributed by atoms with E-state index in [9.17, 15) is 5.11 Å². The van der Waals surface area contributed by atoms with Gasteiger partial charge in [-0.2, -0.15) is 0 Å². The summed E-state index contributed by atoms with van der Waals surface area (Å²) < 4.78 is 0. The highest BCUT2D eigenvalue weighted by Gasteiger charge is 2.36. The van der Waals surface area contributed by atoms with Gasteiger partial charge in [0.05, 0.1) is 5.60 Å². The second kappa shape index (κ2) is 7.43. The number of hydrogen-bond donors (Lipinski definition) is 2. The van der Waals surface area contributed by atoms with Crippen LogP contribution in [0, 0.1) is 5.41 Å². The van der Waals surface area contributed by atoms with Crippen LogP contribution < -0.4 is 5.32 Å². The molecule has 0 aromatic rings. The fraction of sp³-hybridized carbons (Fsp3) is 1.00. The SMILES string of the molecule is CCCN1CCCC(NCC2(O)CCC(C)(C)CC2)CC1. The van der Waals surface area contributed by atoms with Crippen LogP contribution in [0.5, 0.6) is 0 Å². The fourth-order valence-corrected chi connectivity index (χ4v) is 3.80. The van der Waals surface area contributed by atoms with Crippen molar-refractivity contribution in [2.75, 3.05) is 26.2 Å². The average Bonchev–Trinajstić information content (AvgIpc) is 2.67. The first-order chi connectivity index (χ1) is 9.92. The summed E-state index contributed by atoms with van der Waals surface area (Å²) in [4.78, 5) is 2.60. The third-order valence-electron chi connectivity index (χ3n) is 5.61. The van der Waals surface area contributed by atoms with Crippen LogP contribution in [0.15, 0.2) is 0 Å². The van der Waals surface area contributed by atoms with Crippen LogP contribution in [0.4, 0.5) is 0 Å². The minimum absolute atomic E-state index is 0.426. The predicted molar refractivity (Wildman–Crippen MR) is 89.6 cm³/mol. The molecule has 1 aliphatic heterocycles. The van der Waals surface area contributed by atoms with Gasteiger partial charge >= 0.3 is 0 Å². The zero-order valence-electron chi connectivity index (χ0n) is 14.5. The second-order valence-electron chi connectivity index (χ2n) is 8.24. The summed E-state index contributed by atoms with van der Waals surface area (Å²) in [5.74, 6) is 0. The van der Waals surface area contributed by atoms with E-state index in [0.717, 1.165) is 32.2 Å². The van der Waals surface area contributed by atoms with E-state index in [4.69, 9.17) is 0 Å². The van der Waals surface area contributed by atoms with Crippen molar-refractivity contribution in [2.24, 2.45) is 5.41 Å². The van der Waals surface area contributed by atoms with Gasteiger partial charge in [0.2, 0.25) is 0 Å². The van der Waals surface area contributed by atoms with Gasteiger partial charge in [0, 0.05) is 12.6 Å². The molecule has 0 aromatic heterocycles. The van der Waals surface area contributed by atoms with Crippen molar-refractivity contribution >= 4 is 0 Å². The second-order valence-corrected chi connectivity index (χ2v) is 8.24. The van der Waals surface area contributed by atoms with Crippen LogP contribution >= 0.6 is 0 Å². The molecule has 124 valence electrons. The summed E-state index contributed by atoms with van der Waals surface area (Å²) in [5, 5.41) is 14.5. The molecule has 2 rings (SSSR count). The smallest absolute Gasteiger partial charge is 0.0772 e. The lowest BCUT2D eigenvalue weighted by atomic mass is 9.71. The average molecular weight is 296 g/mol. The molecule has 0 amide bonds. The Bertz CT molecular complexity index is 306. The van der Waals surface area contributed by atoms with Crippen LogP contribution in [0.1, 0.15) is 72.1 Å². The van der Waals surface area contributed by atoms with Gasteiger partial charge in [-0.3, -0.25) is 0 Å². The summed E-state index contributed by atoms with van der Waals surface area (Å²) in [7, 11) is 0. The van der Waals surface area contributed by atoms with Gasteiger partial charge in [-0.1, -0.05) is 20.8 Å². The van der Waals surface area contributed by atoms with E-state index in [-0.39, 0.29) is 0 Å². The maximum Gasteiger partial charge on any atom is 0.0772 e. The lowest BCUT2D eigenvalue weighted by Gasteiger charge is -2.41. The molecule has 3 nitrogen and oxygen atoms in total. The minimum atomic E-state index is -0.453. The minimum Gasteiger partial charge on any atom is -0.389 e. The Balaban J connectivity index is 1.73. The van der Waals surface area contributed by atoms with E-state index >= 15 is 0 Å². The summed E-state index contributed by atoms with van der Waals surface area (Å²) in [5.41, 5.74) is -0.0276. The Morgan fingerprint density at radius 3 is 2.48 bits per heavy atom. The van der Waals surface area contributed by atoms with E-state index in [1.165, 1.54) is 45.3 Å². The topological polar surface area (TPSA) is 35.5 Å². The van der Waals surface area contributed by atoms with E-state index < -0.39 is 5.60 Å². The molecular formula is C18H36N2O. The lowest BCUT2D eigenvalue weighted by Crippen LogP contribution is -2.47. The zero-order chi connectivity index (χ0) is 15.3. The highest BCUT2D eigenvalue weighted by atomic mass is 16.3. The molecule has 1 unspecified atom stereocenters. The molecule has 1 aliphatic carbocycles. The number of nitrogens with zero attached hydrogens (tertiary/aromatic N) is 1. The first kappa shape index (κ1) is 17.2. The largest absolute Gasteiger partial charge is 0.389 e. The molecule has 1 heterocycles. The summed E-state index contributed by atoms with van der Waals surface area (Å²) in [6, 6.07) is 0.603. The van der Waals surface area contributed by atoms with E-state index in [0.29, 0.717) is 11.5 Å². The van der Waals surface area contributed by atoms with E-state index in [1.54, 1.807) is 0 Å². The quantitative estimate of drug-likeness (QED) is 0.818. The van der Waals surface area contributed by atoms with Crippen LogP contribution in [-0.4, -0.2) is 47.8 Å². The normalized spacial score (nSPS) is 30.0. The van der Waals surface area contributed by atoms with E-state index in [2.05, 4.69) is 31.0 Å². The molecule has 1 saturated carbocycles. The Morgan fingerprint density at radius 2 is 1.81 bits per heavy atom. The van der Waals surface area contributed by atoms with Gasteiger partial charge < -0.3 is 15.3 Å². The third kappa shape index (κ3) is 5.54. The van der Waals surface area contributed by atoms with Crippen LogP contribution in [0.2, 0.25) is 0 Å². The van der Waals surface area contributed by atoms with Crippen molar-refractivity contribution in [3.63, 3.8) is 0 Å². The Hall–Kier alpha value is -0.120. The summed E-state index contributed by atoms with van der Waals surface area (Å²) in [6.07, 6.45) is 9.28. The number of rotatable bonds is 5. The highest BCUT2D eigenvalue weighted by molar-refractivity contribution is 4.91. The third-order valence-corrected chi connectivity index (χ3v) is 5.61. The van der Waals surface area contributed by atoms with Crippen molar-refractivity contribution in [1.82, 2.24) is 10.2 Å². The lowest BCUT2D eigenvalue weighted by molar-refractivity contribution is -0.0263.